The SMILES string of the molecule is CCOCCOCC(O)CNC(CO)COC. The summed E-state index contributed by atoms with van der Waals surface area (Å²) >= 11 is 0. The van der Waals surface area contributed by atoms with Crippen molar-refractivity contribution in [1.82, 2.24) is 5.32 Å². The first-order valence-electron chi connectivity index (χ1n) is 5.91. The largest absolute Gasteiger partial charge is 0.395 e. The highest BCUT2D eigenvalue weighted by Gasteiger charge is 2.09. The Hall–Kier alpha value is -0.240. The average Bonchev–Trinajstić information content (AvgIpc) is 2.34. The Balaban J connectivity index is 3.40. The zero-order valence-corrected chi connectivity index (χ0v) is 10.7. The molecule has 0 rings (SSSR count). The van der Waals surface area contributed by atoms with E-state index in [1.165, 1.54) is 0 Å². The molecule has 2 unspecified atom stereocenters. The van der Waals surface area contributed by atoms with Crippen LogP contribution in [-0.4, -0.2) is 75.7 Å². The van der Waals surface area contributed by atoms with Gasteiger partial charge in [-0.1, -0.05) is 0 Å². The first kappa shape index (κ1) is 16.8. The standard InChI is InChI=1S/C11H25NO5/c1-3-16-4-5-17-9-11(14)6-12-10(7-13)8-15-2/h10-14H,3-9H2,1-2H3. The van der Waals surface area contributed by atoms with Crippen molar-refractivity contribution in [2.75, 3.05) is 53.3 Å². The Morgan fingerprint density at radius 3 is 2.47 bits per heavy atom. The van der Waals surface area contributed by atoms with Gasteiger partial charge in [-0.2, -0.15) is 0 Å². The van der Waals surface area contributed by atoms with Crippen LogP contribution in [-0.2, 0) is 14.2 Å². The van der Waals surface area contributed by atoms with Crippen LogP contribution < -0.4 is 5.32 Å². The van der Waals surface area contributed by atoms with Gasteiger partial charge < -0.3 is 29.7 Å². The van der Waals surface area contributed by atoms with E-state index in [0.717, 1.165) is 0 Å². The lowest BCUT2D eigenvalue weighted by molar-refractivity contribution is 0.00392. The maximum atomic E-state index is 9.57. The van der Waals surface area contributed by atoms with Crippen molar-refractivity contribution in [2.24, 2.45) is 0 Å². The predicted molar refractivity (Wildman–Crippen MR) is 64.1 cm³/mol. The van der Waals surface area contributed by atoms with Gasteiger partial charge in [0.05, 0.1) is 45.2 Å². The second-order valence-electron chi connectivity index (χ2n) is 3.67. The molecule has 0 fully saturated rings. The van der Waals surface area contributed by atoms with Crippen molar-refractivity contribution < 1.29 is 24.4 Å². The molecule has 17 heavy (non-hydrogen) atoms. The Kier molecular flexibility index (Phi) is 12.1. The van der Waals surface area contributed by atoms with Gasteiger partial charge in [0.25, 0.3) is 0 Å². The summed E-state index contributed by atoms with van der Waals surface area (Å²) in [5.41, 5.74) is 0. The lowest BCUT2D eigenvalue weighted by atomic mass is 10.3. The third-order valence-corrected chi connectivity index (χ3v) is 2.12. The lowest BCUT2D eigenvalue weighted by Crippen LogP contribution is -2.42. The Morgan fingerprint density at radius 2 is 1.88 bits per heavy atom. The van der Waals surface area contributed by atoms with E-state index < -0.39 is 6.10 Å². The number of ether oxygens (including phenoxy) is 3. The molecule has 0 aromatic heterocycles. The zero-order chi connectivity index (χ0) is 12.9. The normalized spacial score (nSPS) is 14.8. The average molecular weight is 251 g/mol. The molecule has 0 aliphatic rings. The number of aliphatic hydroxyl groups is 2. The van der Waals surface area contributed by atoms with Crippen LogP contribution in [0.2, 0.25) is 0 Å². The minimum absolute atomic E-state index is 0.0221. The van der Waals surface area contributed by atoms with E-state index in [-0.39, 0.29) is 19.3 Å². The lowest BCUT2D eigenvalue weighted by Gasteiger charge is -2.18. The van der Waals surface area contributed by atoms with Gasteiger partial charge in [0.15, 0.2) is 0 Å². The van der Waals surface area contributed by atoms with Crippen molar-refractivity contribution in [1.29, 1.82) is 0 Å². The van der Waals surface area contributed by atoms with Crippen molar-refractivity contribution in [3.63, 3.8) is 0 Å². The third kappa shape index (κ3) is 10.6. The summed E-state index contributed by atoms with van der Waals surface area (Å²) in [5, 5.41) is 21.5. The zero-order valence-electron chi connectivity index (χ0n) is 10.7. The van der Waals surface area contributed by atoms with E-state index in [1.807, 2.05) is 6.92 Å². The summed E-state index contributed by atoms with van der Waals surface area (Å²) < 4.78 is 15.2. The van der Waals surface area contributed by atoms with Gasteiger partial charge in [-0.3, -0.25) is 0 Å². The van der Waals surface area contributed by atoms with Crippen molar-refractivity contribution in [3.05, 3.63) is 0 Å². The van der Waals surface area contributed by atoms with Crippen LogP contribution in [0.4, 0.5) is 0 Å². The Labute approximate surface area is 103 Å². The molecule has 0 bridgehead atoms. The number of nitrogens with one attached hydrogen (secondary N) is 1. The van der Waals surface area contributed by atoms with E-state index in [4.69, 9.17) is 19.3 Å². The smallest absolute Gasteiger partial charge is 0.0897 e. The fourth-order valence-corrected chi connectivity index (χ4v) is 1.22. The maximum absolute atomic E-state index is 9.57. The molecule has 0 aliphatic heterocycles. The number of hydrogen-bond donors (Lipinski definition) is 3. The highest BCUT2D eigenvalue weighted by molar-refractivity contribution is 4.67. The summed E-state index contributed by atoms with van der Waals surface area (Å²) in [6.45, 7) is 4.62. The van der Waals surface area contributed by atoms with Crippen LogP contribution in [0, 0.1) is 0 Å². The number of methoxy groups -OCH3 is 1. The van der Waals surface area contributed by atoms with Gasteiger partial charge in [0.2, 0.25) is 0 Å². The highest BCUT2D eigenvalue weighted by Crippen LogP contribution is 1.88. The summed E-state index contributed by atoms with van der Waals surface area (Å²) in [6.07, 6.45) is -0.595. The van der Waals surface area contributed by atoms with Crippen LogP contribution in [0.3, 0.4) is 0 Å². The van der Waals surface area contributed by atoms with Gasteiger partial charge in [-0.05, 0) is 6.92 Å². The minimum atomic E-state index is -0.595. The predicted octanol–water partition coefficient (Wildman–Crippen LogP) is -1.00. The van der Waals surface area contributed by atoms with Crippen molar-refractivity contribution in [2.45, 2.75) is 19.1 Å². The molecule has 2 atom stereocenters. The molecule has 0 amide bonds. The molecule has 6 nitrogen and oxygen atoms in total. The monoisotopic (exact) mass is 251 g/mol. The fraction of sp³-hybridized carbons (Fsp3) is 1.00. The molecule has 0 aromatic rings. The molecular weight excluding hydrogens is 226 g/mol. The molecule has 6 heteroatoms. The molecule has 0 aliphatic carbocycles. The fourth-order valence-electron chi connectivity index (χ4n) is 1.22. The van der Waals surface area contributed by atoms with E-state index in [1.54, 1.807) is 7.11 Å². The second-order valence-corrected chi connectivity index (χ2v) is 3.67. The highest BCUT2D eigenvalue weighted by atomic mass is 16.5. The van der Waals surface area contributed by atoms with Gasteiger partial charge in [-0.25, -0.2) is 0 Å². The topological polar surface area (TPSA) is 80.2 Å². The molecule has 104 valence electrons. The van der Waals surface area contributed by atoms with Crippen LogP contribution in [0.15, 0.2) is 0 Å². The first-order valence-corrected chi connectivity index (χ1v) is 5.91. The van der Waals surface area contributed by atoms with Crippen LogP contribution in [0.5, 0.6) is 0 Å². The van der Waals surface area contributed by atoms with Gasteiger partial charge in [-0.15, -0.1) is 0 Å². The second kappa shape index (κ2) is 12.2. The molecule has 0 saturated carbocycles. The Morgan fingerprint density at radius 1 is 1.18 bits per heavy atom. The maximum Gasteiger partial charge on any atom is 0.0897 e. The van der Waals surface area contributed by atoms with Gasteiger partial charge >= 0.3 is 0 Å². The molecule has 0 radical (unpaired) electrons. The van der Waals surface area contributed by atoms with Crippen LogP contribution in [0.25, 0.3) is 0 Å². The molecule has 0 spiro atoms. The van der Waals surface area contributed by atoms with E-state index in [9.17, 15) is 5.11 Å². The molecule has 3 N–H and O–H groups in total. The molecular formula is C11H25NO5. The van der Waals surface area contributed by atoms with Crippen LogP contribution >= 0.6 is 0 Å². The summed E-state index contributed by atoms with van der Waals surface area (Å²) in [5.74, 6) is 0. The first-order chi connectivity index (χ1) is 8.24. The summed E-state index contributed by atoms with van der Waals surface area (Å²) in [7, 11) is 1.57. The minimum Gasteiger partial charge on any atom is -0.395 e. The van der Waals surface area contributed by atoms with Crippen molar-refractivity contribution >= 4 is 0 Å². The number of rotatable bonds is 12. The van der Waals surface area contributed by atoms with E-state index in [2.05, 4.69) is 5.32 Å². The number of hydrogen-bond acceptors (Lipinski definition) is 6. The van der Waals surface area contributed by atoms with E-state index in [0.29, 0.717) is 33.0 Å². The quantitative estimate of drug-likeness (QED) is 0.386. The molecule has 0 saturated heterocycles. The third-order valence-electron chi connectivity index (χ3n) is 2.12. The molecule has 0 aromatic carbocycles. The summed E-state index contributed by atoms with van der Waals surface area (Å²) in [4.78, 5) is 0. The van der Waals surface area contributed by atoms with Crippen molar-refractivity contribution in [3.8, 4) is 0 Å². The van der Waals surface area contributed by atoms with Gasteiger partial charge in [0, 0.05) is 20.3 Å². The number of aliphatic hydroxyl groups excluding tert-OH is 2. The van der Waals surface area contributed by atoms with E-state index >= 15 is 0 Å². The molecule has 0 heterocycles. The van der Waals surface area contributed by atoms with Crippen LogP contribution in [0.1, 0.15) is 6.92 Å². The van der Waals surface area contributed by atoms with Gasteiger partial charge in [0.1, 0.15) is 0 Å². The summed E-state index contributed by atoms with van der Waals surface area (Å²) in [6, 6.07) is -0.155. The Bertz CT molecular complexity index is 159.